The van der Waals surface area contributed by atoms with Gasteiger partial charge in [0.2, 0.25) is 0 Å². The highest BCUT2D eigenvalue weighted by Crippen LogP contribution is 2.29. The van der Waals surface area contributed by atoms with Crippen molar-refractivity contribution in [1.82, 2.24) is 5.32 Å². The van der Waals surface area contributed by atoms with Gasteiger partial charge in [-0.15, -0.1) is 0 Å². The van der Waals surface area contributed by atoms with Crippen LogP contribution in [-0.2, 0) is 0 Å². The third-order valence-electron chi connectivity index (χ3n) is 3.75. The van der Waals surface area contributed by atoms with Gasteiger partial charge in [0.1, 0.15) is 0 Å². The molecule has 0 radical (unpaired) electrons. The Morgan fingerprint density at radius 1 is 1.47 bits per heavy atom. The lowest BCUT2D eigenvalue weighted by Gasteiger charge is -2.31. The van der Waals surface area contributed by atoms with Crippen LogP contribution in [0.2, 0.25) is 0 Å². The fraction of sp³-hybridized carbons (Fsp3) is 0.500. The number of rotatable bonds is 3. The van der Waals surface area contributed by atoms with E-state index in [4.69, 9.17) is 5.73 Å². The second kappa shape index (κ2) is 4.78. The SMILES string of the molecule is Cc1cc(C(=O)NC(C)C2CCC2)ccc1N. The summed E-state index contributed by atoms with van der Waals surface area (Å²) in [6.45, 7) is 4.01. The minimum atomic E-state index is 0.00694. The average Bonchev–Trinajstić information content (AvgIpc) is 2.19. The summed E-state index contributed by atoms with van der Waals surface area (Å²) in [5.41, 5.74) is 8.12. The maximum absolute atomic E-state index is 12.0. The highest BCUT2D eigenvalue weighted by molar-refractivity contribution is 5.95. The Morgan fingerprint density at radius 3 is 2.71 bits per heavy atom. The first-order valence-corrected chi connectivity index (χ1v) is 6.25. The van der Waals surface area contributed by atoms with Gasteiger partial charge in [0.05, 0.1) is 0 Å². The number of hydrogen-bond donors (Lipinski definition) is 2. The quantitative estimate of drug-likeness (QED) is 0.787. The Labute approximate surface area is 102 Å². The predicted molar refractivity (Wildman–Crippen MR) is 69.9 cm³/mol. The molecule has 3 heteroatoms. The first kappa shape index (κ1) is 12.0. The normalized spacial score (nSPS) is 17.3. The first-order valence-electron chi connectivity index (χ1n) is 6.25. The van der Waals surface area contributed by atoms with Crippen LogP contribution >= 0.6 is 0 Å². The molecule has 0 aliphatic heterocycles. The van der Waals surface area contributed by atoms with Crippen molar-refractivity contribution in [2.75, 3.05) is 5.73 Å². The van der Waals surface area contributed by atoms with Crippen molar-refractivity contribution >= 4 is 11.6 Å². The van der Waals surface area contributed by atoms with Crippen LogP contribution < -0.4 is 11.1 Å². The standard InChI is InChI=1S/C14H20N2O/c1-9-8-12(6-7-13(9)15)14(17)16-10(2)11-4-3-5-11/h6-8,10-11H,3-5,15H2,1-2H3,(H,16,17). The van der Waals surface area contributed by atoms with Crippen molar-refractivity contribution in [2.45, 2.75) is 39.2 Å². The molecular weight excluding hydrogens is 212 g/mol. The molecule has 3 N–H and O–H groups in total. The molecule has 0 aromatic heterocycles. The van der Waals surface area contributed by atoms with Crippen molar-refractivity contribution in [3.8, 4) is 0 Å². The van der Waals surface area contributed by atoms with E-state index in [1.165, 1.54) is 19.3 Å². The molecule has 2 rings (SSSR count). The van der Waals surface area contributed by atoms with Crippen LogP contribution in [0.5, 0.6) is 0 Å². The molecule has 1 fully saturated rings. The number of nitrogens with two attached hydrogens (primary N) is 1. The van der Waals surface area contributed by atoms with E-state index < -0.39 is 0 Å². The maximum Gasteiger partial charge on any atom is 0.251 e. The van der Waals surface area contributed by atoms with E-state index >= 15 is 0 Å². The van der Waals surface area contributed by atoms with Crippen LogP contribution in [0.15, 0.2) is 18.2 Å². The summed E-state index contributed by atoms with van der Waals surface area (Å²) in [5.74, 6) is 0.668. The van der Waals surface area contributed by atoms with Gasteiger partial charge in [-0.2, -0.15) is 0 Å². The number of hydrogen-bond acceptors (Lipinski definition) is 2. The first-order chi connectivity index (χ1) is 8.08. The molecule has 1 aromatic carbocycles. The van der Waals surface area contributed by atoms with Crippen molar-refractivity contribution in [3.05, 3.63) is 29.3 Å². The van der Waals surface area contributed by atoms with E-state index in [0.29, 0.717) is 11.5 Å². The van der Waals surface area contributed by atoms with Crippen LogP contribution in [0.25, 0.3) is 0 Å². The molecule has 1 aromatic rings. The fourth-order valence-corrected chi connectivity index (χ4v) is 2.16. The van der Waals surface area contributed by atoms with E-state index in [2.05, 4.69) is 12.2 Å². The van der Waals surface area contributed by atoms with Crippen molar-refractivity contribution in [3.63, 3.8) is 0 Å². The van der Waals surface area contributed by atoms with Gasteiger partial charge < -0.3 is 11.1 Å². The van der Waals surface area contributed by atoms with Gasteiger partial charge in [-0.05, 0) is 56.4 Å². The number of nitrogens with one attached hydrogen (secondary N) is 1. The Kier molecular flexibility index (Phi) is 3.36. The zero-order valence-electron chi connectivity index (χ0n) is 10.5. The lowest BCUT2D eigenvalue weighted by molar-refractivity contribution is 0.0909. The van der Waals surface area contributed by atoms with Gasteiger partial charge >= 0.3 is 0 Å². The van der Waals surface area contributed by atoms with Crippen LogP contribution in [0.4, 0.5) is 5.69 Å². The molecule has 1 aliphatic rings. The van der Waals surface area contributed by atoms with Gasteiger partial charge in [-0.1, -0.05) is 6.42 Å². The molecular formula is C14H20N2O. The summed E-state index contributed by atoms with van der Waals surface area (Å²) in [4.78, 5) is 12.0. The summed E-state index contributed by atoms with van der Waals surface area (Å²) in [7, 11) is 0. The van der Waals surface area contributed by atoms with E-state index in [-0.39, 0.29) is 11.9 Å². The highest BCUT2D eigenvalue weighted by atomic mass is 16.1. The van der Waals surface area contributed by atoms with Crippen LogP contribution in [0.3, 0.4) is 0 Å². The third kappa shape index (κ3) is 2.60. The average molecular weight is 232 g/mol. The Morgan fingerprint density at radius 2 is 2.18 bits per heavy atom. The van der Waals surface area contributed by atoms with Crippen LogP contribution in [-0.4, -0.2) is 11.9 Å². The second-order valence-electron chi connectivity index (χ2n) is 5.02. The largest absolute Gasteiger partial charge is 0.399 e. The number of benzene rings is 1. The molecule has 1 saturated carbocycles. The molecule has 3 nitrogen and oxygen atoms in total. The van der Waals surface area contributed by atoms with Gasteiger partial charge in [-0.3, -0.25) is 4.79 Å². The van der Waals surface area contributed by atoms with Gasteiger partial charge in [0.25, 0.3) is 5.91 Å². The third-order valence-corrected chi connectivity index (χ3v) is 3.75. The van der Waals surface area contributed by atoms with Crippen LogP contribution in [0, 0.1) is 12.8 Å². The number of carbonyl (C=O) groups is 1. The number of amides is 1. The predicted octanol–water partition coefficient (Wildman–Crippen LogP) is 2.50. The molecule has 0 bridgehead atoms. The zero-order chi connectivity index (χ0) is 12.4. The van der Waals surface area contributed by atoms with E-state index in [1.54, 1.807) is 12.1 Å². The van der Waals surface area contributed by atoms with Crippen LogP contribution in [0.1, 0.15) is 42.1 Å². The lowest BCUT2D eigenvalue weighted by atomic mass is 9.80. The van der Waals surface area contributed by atoms with E-state index in [0.717, 1.165) is 11.3 Å². The Hall–Kier alpha value is -1.51. The van der Waals surface area contributed by atoms with Gasteiger partial charge in [0.15, 0.2) is 0 Å². The van der Waals surface area contributed by atoms with Gasteiger partial charge in [0, 0.05) is 17.3 Å². The molecule has 92 valence electrons. The molecule has 0 spiro atoms. The topological polar surface area (TPSA) is 55.1 Å². The molecule has 1 atom stereocenters. The molecule has 1 unspecified atom stereocenters. The Bertz CT molecular complexity index is 424. The summed E-state index contributed by atoms with van der Waals surface area (Å²) in [6.07, 6.45) is 3.77. The minimum absolute atomic E-state index is 0.00694. The van der Waals surface area contributed by atoms with E-state index in [9.17, 15) is 4.79 Å². The lowest BCUT2D eigenvalue weighted by Crippen LogP contribution is -2.40. The van der Waals surface area contributed by atoms with Crippen molar-refractivity contribution in [2.24, 2.45) is 5.92 Å². The van der Waals surface area contributed by atoms with Crippen molar-refractivity contribution in [1.29, 1.82) is 0 Å². The minimum Gasteiger partial charge on any atom is -0.399 e. The summed E-state index contributed by atoms with van der Waals surface area (Å²) >= 11 is 0. The number of aryl methyl sites for hydroxylation is 1. The highest BCUT2D eigenvalue weighted by Gasteiger charge is 2.25. The van der Waals surface area contributed by atoms with Crippen molar-refractivity contribution < 1.29 is 4.79 Å². The molecule has 1 aliphatic carbocycles. The summed E-state index contributed by atoms with van der Waals surface area (Å²) in [6, 6.07) is 5.69. The maximum atomic E-state index is 12.0. The summed E-state index contributed by atoms with van der Waals surface area (Å²) < 4.78 is 0. The van der Waals surface area contributed by atoms with Gasteiger partial charge in [-0.25, -0.2) is 0 Å². The number of nitrogen functional groups attached to an aromatic ring is 1. The zero-order valence-corrected chi connectivity index (χ0v) is 10.5. The number of carbonyl (C=O) groups excluding carboxylic acids is 1. The Balaban J connectivity index is 2.01. The number of anilines is 1. The molecule has 0 saturated heterocycles. The smallest absolute Gasteiger partial charge is 0.251 e. The summed E-state index contributed by atoms with van der Waals surface area (Å²) in [5, 5.41) is 3.07. The van der Waals surface area contributed by atoms with E-state index in [1.807, 2.05) is 13.0 Å². The second-order valence-corrected chi connectivity index (χ2v) is 5.02. The molecule has 1 amide bonds. The fourth-order valence-electron chi connectivity index (χ4n) is 2.16. The molecule has 17 heavy (non-hydrogen) atoms. The monoisotopic (exact) mass is 232 g/mol. The molecule has 0 heterocycles.